The van der Waals surface area contributed by atoms with Gasteiger partial charge in [-0.2, -0.15) is 4.68 Å². The first-order chi connectivity index (χ1) is 13.7. The third-order valence-electron chi connectivity index (χ3n) is 4.90. The number of tetrazole rings is 1. The SMILES string of the molecule is COC(=O)c1c(C)[nH]c(C(=O)[C@@H](C)Sc2nnnn2-c2ccc(C)c(C)c2)c1C. The zero-order valence-corrected chi connectivity index (χ0v) is 18.0. The van der Waals surface area contributed by atoms with Gasteiger partial charge in [-0.25, -0.2) is 4.79 Å². The molecule has 1 N–H and O–H groups in total. The summed E-state index contributed by atoms with van der Waals surface area (Å²) in [6.45, 7) is 9.34. The van der Waals surface area contributed by atoms with Gasteiger partial charge in [-0.3, -0.25) is 4.79 Å². The number of hydrogen-bond donors (Lipinski definition) is 1. The molecule has 0 unspecified atom stereocenters. The van der Waals surface area contributed by atoms with E-state index in [-0.39, 0.29) is 5.78 Å². The van der Waals surface area contributed by atoms with Crippen LogP contribution in [0.15, 0.2) is 23.4 Å². The Kier molecular flexibility index (Phi) is 5.88. The zero-order valence-electron chi connectivity index (χ0n) is 17.2. The number of aromatic amines is 1. The van der Waals surface area contributed by atoms with Crippen molar-refractivity contribution in [1.29, 1.82) is 0 Å². The summed E-state index contributed by atoms with van der Waals surface area (Å²) in [4.78, 5) is 28.0. The molecule has 0 amide bonds. The van der Waals surface area contributed by atoms with Crippen molar-refractivity contribution in [2.45, 2.75) is 45.0 Å². The van der Waals surface area contributed by atoms with Crippen LogP contribution in [-0.4, -0.2) is 49.3 Å². The number of nitrogens with one attached hydrogen (secondary N) is 1. The first-order valence-electron chi connectivity index (χ1n) is 9.09. The summed E-state index contributed by atoms with van der Waals surface area (Å²) < 4.78 is 6.43. The van der Waals surface area contributed by atoms with Crippen molar-refractivity contribution in [2.24, 2.45) is 0 Å². The Bertz CT molecular complexity index is 1090. The van der Waals surface area contributed by atoms with Gasteiger partial charge in [0.1, 0.15) is 0 Å². The average Bonchev–Trinajstić information content (AvgIpc) is 3.26. The normalized spacial score (nSPS) is 12.1. The van der Waals surface area contributed by atoms with E-state index in [1.807, 2.05) is 32.0 Å². The number of H-pyrrole nitrogens is 1. The Morgan fingerprint density at radius 2 is 1.90 bits per heavy atom. The summed E-state index contributed by atoms with van der Waals surface area (Å²) in [6.07, 6.45) is 0. The van der Waals surface area contributed by atoms with Crippen molar-refractivity contribution in [3.05, 3.63) is 51.8 Å². The Labute approximate surface area is 173 Å². The van der Waals surface area contributed by atoms with Gasteiger partial charge in [0.05, 0.1) is 29.3 Å². The first-order valence-corrected chi connectivity index (χ1v) is 9.96. The molecule has 2 heterocycles. The van der Waals surface area contributed by atoms with Gasteiger partial charge < -0.3 is 9.72 Å². The van der Waals surface area contributed by atoms with Crippen LogP contribution in [0.5, 0.6) is 0 Å². The number of esters is 1. The molecule has 9 heteroatoms. The van der Waals surface area contributed by atoms with Crippen LogP contribution < -0.4 is 0 Å². The molecule has 8 nitrogen and oxygen atoms in total. The average molecular weight is 414 g/mol. The molecule has 0 aliphatic heterocycles. The highest BCUT2D eigenvalue weighted by atomic mass is 32.2. The fraction of sp³-hybridized carbons (Fsp3) is 0.350. The maximum atomic E-state index is 13.0. The third-order valence-corrected chi connectivity index (χ3v) is 5.93. The van der Waals surface area contributed by atoms with E-state index >= 15 is 0 Å². The maximum Gasteiger partial charge on any atom is 0.339 e. The van der Waals surface area contributed by atoms with Crippen LogP contribution in [0.3, 0.4) is 0 Å². The molecule has 0 bridgehead atoms. The summed E-state index contributed by atoms with van der Waals surface area (Å²) >= 11 is 1.26. The largest absolute Gasteiger partial charge is 0.465 e. The summed E-state index contributed by atoms with van der Waals surface area (Å²) in [5.74, 6) is -0.602. The van der Waals surface area contributed by atoms with Crippen molar-refractivity contribution < 1.29 is 14.3 Å². The molecule has 0 saturated heterocycles. The van der Waals surface area contributed by atoms with E-state index in [9.17, 15) is 9.59 Å². The maximum absolute atomic E-state index is 13.0. The molecule has 0 saturated carbocycles. The van der Waals surface area contributed by atoms with Gasteiger partial charge in [-0.1, -0.05) is 17.8 Å². The van der Waals surface area contributed by atoms with Crippen molar-refractivity contribution in [3.63, 3.8) is 0 Å². The molecule has 152 valence electrons. The Morgan fingerprint density at radius 3 is 2.55 bits per heavy atom. The summed E-state index contributed by atoms with van der Waals surface area (Å²) in [5.41, 5.74) is 5.13. The van der Waals surface area contributed by atoms with E-state index in [0.29, 0.717) is 27.7 Å². The molecule has 0 aliphatic carbocycles. The number of thioether (sulfide) groups is 1. The molecule has 1 aromatic carbocycles. The lowest BCUT2D eigenvalue weighted by molar-refractivity contribution is 0.0599. The molecule has 1 atom stereocenters. The molecule has 3 rings (SSSR count). The smallest absolute Gasteiger partial charge is 0.339 e. The summed E-state index contributed by atoms with van der Waals surface area (Å²) in [5, 5.41) is 12.0. The predicted octanol–water partition coefficient (Wildman–Crippen LogP) is 3.37. The summed E-state index contributed by atoms with van der Waals surface area (Å²) in [6, 6.07) is 5.95. The molecule has 0 spiro atoms. The highest BCUT2D eigenvalue weighted by molar-refractivity contribution is 8.00. The standard InChI is InChI=1S/C20H23N5O3S/c1-10-7-8-15(9-11(10)2)25-20(22-23-24-25)29-14(5)18(26)17-12(3)16(13(4)21-17)19(27)28-6/h7-9,14,21H,1-6H3/t14-/m1/s1. The molecular weight excluding hydrogens is 390 g/mol. The number of methoxy groups -OCH3 is 1. The van der Waals surface area contributed by atoms with E-state index in [4.69, 9.17) is 4.74 Å². The third kappa shape index (κ3) is 3.95. The zero-order chi connectivity index (χ0) is 21.3. The molecule has 3 aromatic rings. The highest BCUT2D eigenvalue weighted by Gasteiger charge is 2.27. The molecular formula is C20H23N5O3S. The van der Waals surface area contributed by atoms with Gasteiger partial charge in [-0.05, 0) is 73.9 Å². The minimum atomic E-state index is -0.464. The molecule has 0 radical (unpaired) electrons. The Hall–Kier alpha value is -2.94. The number of hydrogen-bond acceptors (Lipinski definition) is 7. The number of rotatable bonds is 6. The van der Waals surface area contributed by atoms with Gasteiger partial charge in [0.2, 0.25) is 5.16 Å². The van der Waals surface area contributed by atoms with Gasteiger partial charge in [0.25, 0.3) is 0 Å². The second-order valence-electron chi connectivity index (χ2n) is 6.88. The van der Waals surface area contributed by atoms with Crippen LogP contribution in [0.1, 0.15) is 50.2 Å². The van der Waals surface area contributed by atoms with E-state index in [2.05, 4.69) is 20.5 Å². The van der Waals surface area contributed by atoms with Crippen LogP contribution in [0.4, 0.5) is 0 Å². The molecule has 0 fully saturated rings. The predicted molar refractivity (Wildman–Crippen MR) is 110 cm³/mol. The topological polar surface area (TPSA) is 103 Å². The van der Waals surface area contributed by atoms with Crippen LogP contribution in [0.25, 0.3) is 5.69 Å². The first kappa shape index (κ1) is 20.8. The lowest BCUT2D eigenvalue weighted by atomic mass is 10.1. The van der Waals surface area contributed by atoms with Crippen molar-refractivity contribution in [2.75, 3.05) is 7.11 Å². The number of aromatic nitrogens is 5. The van der Waals surface area contributed by atoms with E-state index in [1.165, 1.54) is 24.4 Å². The van der Waals surface area contributed by atoms with E-state index < -0.39 is 11.2 Å². The lowest BCUT2D eigenvalue weighted by Crippen LogP contribution is -2.16. The van der Waals surface area contributed by atoms with E-state index in [0.717, 1.165) is 11.3 Å². The number of carbonyl (C=O) groups is 2. The number of carbonyl (C=O) groups excluding carboxylic acids is 2. The minimum Gasteiger partial charge on any atom is -0.465 e. The van der Waals surface area contributed by atoms with Gasteiger partial charge in [0.15, 0.2) is 5.78 Å². The number of nitrogens with zero attached hydrogens (tertiary/aromatic N) is 4. The van der Waals surface area contributed by atoms with Crippen molar-refractivity contribution in [3.8, 4) is 5.69 Å². The van der Waals surface area contributed by atoms with Crippen molar-refractivity contribution >= 4 is 23.5 Å². The molecule has 29 heavy (non-hydrogen) atoms. The van der Waals surface area contributed by atoms with Gasteiger partial charge >= 0.3 is 5.97 Å². The molecule has 2 aromatic heterocycles. The van der Waals surface area contributed by atoms with Gasteiger partial charge in [0, 0.05) is 5.69 Å². The number of ketones is 1. The summed E-state index contributed by atoms with van der Waals surface area (Å²) in [7, 11) is 1.32. The van der Waals surface area contributed by atoms with Crippen molar-refractivity contribution in [1.82, 2.24) is 25.2 Å². The Morgan fingerprint density at radius 1 is 1.17 bits per heavy atom. The van der Waals surface area contributed by atoms with Crippen LogP contribution in [0, 0.1) is 27.7 Å². The second kappa shape index (κ2) is 8.20. The quantitative estimate of drug-likeness (QED) is 0.375. The second-order valence-corrected chi connectivity index (χ2v) is 8.19. The minimum absolute atomic E-state index is 0.139. The fourth-order valence-electron chi connectivity index (χ4n) is 3.09. The number of aryl methyl sites for hydroxylation is 3. The van der Waals surface area contributed by atoms with Crippen LogP contribution in [-0.2, 0) is 4.74 Å². The van der Waals surface area contributed by atoms with Crippen LogP contribution in [0.2, 0.25) is 0 Å². The van der Waals surface area contributed by atoms with E-state index in [1.54, 1.807) is 25.5 Å². The number of benzene rings is 1. The fourth-order valence-corrected chi connectivity index (χ4v) is 3.96. The van der Waals surface area contributed by atoms with Crippen LogP contribution >= 0.6 is 11.8 Å². The Balaban J connectivity index is 1.86. The number of ether oxygens (including phenoxy) is 1. The number of Topliss-reactive ketones (excluding diaryl/α,β-unsaturated/α-hetero) is 1. The lowest BCUT2D eigenvalue weighted by Gasteiger charge is -2.11. The molecule has 0 aliphatic rings. The van der Waals surface area contributed by atoms with Gasteiger partial charge in [-0.15, -0.1) is 5.10 Å². The monoisotopic (exact) mass is 413 g/mol. The highest BCUT2D eigenvalue weighted by Crippen LogP contribution is 2.28.